The fraction of sp³-hybridized carbons (Fsp3) is 0.722. The predicted molar refractivity (Wildman–Crippen MR) is 92.6 cm³/mol. The van der Waals surface area contributed by atoms with Gasteiger partial charge in [0, 0.05) is 24.0 Å². The van der Waals surface area contributed by atoms with Gasteiger partial charge in [0.1, 0.15) is 5.84 Å². The zero-order chi connectivity index (χ0) is 17.5. The third kappa shape index (κ3) is 2.66. The number of nitrogens with zero attached hydrogens (tertiary/aromatic N) is 1. The van der Waals surface area contributed by atoms with Gasteiger partial charge < -0.3 is 16.0 Å². The van der Waals surface area contributed by atoms with Crippen LogP contribution >= 0.6 is 0 Å². The quantitative estimate of drug-likeness (QED) is 0.313. The molecule has 3 aliphatic rings. The molecule has 6 heteroatoms. The highest BCUT2D eigenvalue weighted by Crippen LogP contribution is 2.35. The Labute approximate surface area is 143 Å². The average molecular weight is 332 g/mol. The normalized spacial score (nSPS) is 39.5. The van der Waals surface area contributed by atoms with Crippen LogP contribution in [0.1, 0.15) is 45.4 Å². The van der Waals surface area contributed by atoms with E-state index in [1.54, 1.807) is 19.1 Å². The Kier molecular flexibility index (Phi) is 4.51. The highest BCUT2D eigenvalue weighted by atomic mass is 16.2. The van der Waals surface area contributed by atoms with Crippen LogP contribution in [0.5, 0.6) is 0 Å². The van der Waals surface area contributed by atoms with Crippen LogP contribution in [0.3, 0.4) is 0 Å². The molecule has 0 aromatic rings. The number of piperidine rings is 2. The van der Waals surface area contributed by atoms with Gasteiger partial charge >= 0.3 is 0 Å². The average Bonchev–Trinajstić information content (AvgIpc) is 2.50. The summed E-state index contributed by atoms with van der Waals surface area (Å²) in [6.45, 7) is 1.75. The van der Waals surface area contributed by atoms with Gasteiger partial charge in [-0.2, -0.15) is 0 Å². The van der Waals surface area contributed by atoms with Gasteiger partial charge in [-0.1, -0.05) is 25.5 Å². The molecule has 2 aliphatic heterocycles. The lowest BCUT2D eigenvalue weighted by Gasteiger charge is -2.47. The van der Waals surface area contributed by atoms with Crippen molar-refractivity contribution in [1.82, 2.24) is 10.2 Å². The van der Waals surface area contributed by atoms with Crippen molar-refractivity contribution in [3.05, 3.63) is 12.2 Å². The Morgan fingerprint density at radius 3 is 2.58 bits per heavy atom. The molecule has 3 rings (SSSR count). The van der Waals surface area contributed by atoms with E-state index in [1.165, 1.54) is 6.42 Å². The Bertz CT molecular complexity index is 574. The maximum absolute atomic E-state index is 13.0. The standard InChI is InChI=1S/C18H28N4O2/c1-11-5-4-8-18(15(11)23,16(19)20)17(24)21-12-9-13-6-3-7-14(10-12)22(13)2/h4-5,11-14H,3,6-10H2,1-2H3,(H3,19,20)(H,21,24). The largest absolute Gasteiger partial charge is 0.386 e. The van der Waals surface area contributed by atoms with E-state index in [1.807, 2.05) is 0 Å². The van der Waals surface area contributed by atoms with Gasteiger partial charge in [-0.05, 0) is 39.2 Å². The molecule has 2 saturated heterocycles. The number of nitrogens with two attached hydrogens (primary N) is 1. The molecule has 1 amide bonds. The number of amidine groups is 1. The van der Waals surface area contributed by atoms with Crippen molar-refractivity contribution < 1.29 is 9.59 Å². The van der Waals surface area contributed by atoms with E-state index < -0.39 is 5.41 Å². The van der Waals surface area contributed by atoms with Gasteiger partial charge in [-0.15, -0.1) is 0 Å². The van der Waals surface area contributed by atoms with Gasteiger partial charge in [0.25, 0.3) is 0 Å². The minimum Gasteiger partial charge on any atom is -0.386 e. The van der Waals surface area contributed by atoms with E-state index in [2.05, 4.69) is 17.3 Å². The number of fused-ring (bicyclic) bond motifs is 2. The zero-order valence-electron chi connectivity index (χ0n) is 14.5. The highest BCUT2D eigenvalue weighted by molar-refractivity contribution is 6.24. The van der Waals surface area contributed by atoms with Gasteiger partial charge in [-0.25, -0.2) is 0 Å². The van der Waals surface area contributed by atoms with Crippen molar-refractivity contribution in [3.8, 4) is 0 Å². The third-order valence-corrected chi connectivity index (χ3v) is 6.21. The molecule has 2 fully saturated rings. The maximum Gasteiger partial charge on any atom is 0.241 e. The van der Waals surface area contributed by atoms with Crippen LogP contribution in [-0.2, 0) is 9.59 Å². The van der Waals surface area contributed by atoms with E-state index in [0.717, 1.165) is 25.7 Å². The lowest BCUT2D eigenvalue weighted by Crippen LogP contribution is -2.61. The monoisotopic (exact) mass is 332 g/mol. The molecule has 0 radical (unpaired) electrons. The first-order valence-corrected chi connectivity index (χ1v) is 8.94. The number of allylic oxidation sites excluding steroid dienone is 2. The second-order valence-corrected chi connectivity index (χ2v) is 7.65. The van der Waals surface area contributed by atoms with Crippen molar-refractivity contribution in [2.45, 2.75) is 63.6 Å². The van der Waals surface area contributed by atoms with E-state index in [9.17, 15) is 9.59 Å². The molecule has 4 unspecified atom stereocenters. The lowest BCUT2D eigenvalue weighted by atomic mass is 9.70. The van der Waals surface area contributed by atoms with E-state index >= 15 is 0 Å². The second kappa shape index (κ2) is 6.31. The molecule has 1 aliphatic carbocycles. The molecule has 0 aromatic carbocycles. The van der Waals surface area contributed by atoms with Crippen LogP contribution in [-0.4, -0.2) is 47.6 Å². The topological polar surface area (TPSA) is 99.3 Å². The summed E-state index contributed by atoms with van der Waals surface area (Å²) in [6.07, 6.45) is 9.17. The van der Waals surface area contributed by atoms with Crippen LogP contribution in [0, 0.1) is 16.7 Å². The molecule has 132 valence electrons. The van der Waals surface area contributed by atoms with Crippen LogP contribution in [0.25, 0.3) is 0 Å². The van der Waals surface area contributed by atoms with Crippen molar-refractivity contribution in [2.75, 3.05) is 7.05 Å². The second-order valence-electron chi connectivity index (χ2n) is 7.65. The molecule has 0 aromatic heterocycles. The van der Waals surface area contributed by atoms with Crippen molar-refractivity contribution in [3.63, 3.8) is 0 Å². The van der Waals surface area contributed by atoms with Gasteiger partial charge in [0.05, 0.1) is 0 Å². The number of hydrogen-bond donors (Lipinski definition) is 3. The van der Waals surface area contributed by atoms with E-state index in [4.69, 9.17) is 11.1 Å². The summed E-state index contributed by atoms with van der Waals surface area (Å²) in [4.78, 5) is 28.1. The maximum atomic E-state index is 13.0. The number of ketones is 1. The van der Waals surface area contributed by atoms with Crippen LogP contribution in [0.4, 0.5) is 0 Å². The fourth-order valence-corrected chi connectivity index (χ4v) is 4.64. The summed E-state index contributed by atoms with van der Waals surface area (Å²) in [6, 6.07) is 1.06. The Balaban J connectivity index is 1.77. The van der Waals surface area contributed by atoms with Crippen molar-refractivity contribution in [1.29, 1.82) is 5.41 Å². The minimum absolute atomic E-state index is 0.0641. The van der Waals surface area contributed by atoms with Crippen LogP contribution in [0.2, 0.25) is 0 Å². The smallest absolute Gasteiger partial charge is 0.241 e. The SMILES string of the molecule is CC1C=CCC(C(=N)N)(C(=O)NC2CC3CCCC(C2)N3C)C1=O. The molecule has 0 saturated carbocycles. The number of hydrogen-bond acceptors (Lipinski definition) is 4. The summed E-state index contributed by atoms with van der Waals surface area (Å²) in [5.74, 6) is -1.37. The first-order valence-electron chi connectivity index (χ1n) is 8.94. The van der Waals surface area contributed by atoms with Crippen molar-refractivity contribution in [2.24, 2.45) is 17.1 Å². The fourth-order valence-electron chi connectivity index (χ4n) is 4.64. The molecule has 4 atom stereocenters. The summed E-state index contributed by atoms with van der Waals surface area (Å²) in [5, 5.41) is 11.0. The summed E-state index contributed by atoms with van der Waals surface area (Å²) in [5.41, 5.74) is 4.21. The number of Topliss-reactive ketones (excluding diaryl/α,β-unsaturated/α-hetero) is 1. The van der Waals surface area contributed by atoms with E-state index in [-0.39, 0.29) is 35.9 Å². The molecule has 6 nitrogen and oxygen atoms in total. The Morgan fingerprint density at radius 1 is 1.38 bits per heavy atom. The molecule has 4 N–H and O–H groups in total. The predicted octanol–water partition coefficient (Wildman–Crippen LogP) is 1.21. The summed E-state index contributed by atoms with van der Waals surface area (Å²) >= 11 is 0. The highest BCUT2D eigenvalue weighted by Gasteiger charge is 2.51. The Hall–Kier alpha value is -1.69. The number of carbonyl (C=O) groups excluding carboxylic acids is 2. The lowest BCUT2D eigenvalue weighted by molar-refractivity contribution is -0.140. The number of amides is 1. The van der Waals surface area contributed by atoms with Crippen molar-refractivity contribution >= 4 is 17.5 Å². The Morgan fingerprint density at radius 2 is 2.00 bits per heavy atom. The number of carbonyl (C=O) groups is 2. The van der Waals surface area contributed by atoms with Crippen LogP contribution < -0.4 is 11.1 Å². The summed E-state index contributed by atoms with van der Waals surface area (Å²) in [7, 11) is 2.17. The molecule has 0 spiro atoms. The molecular formula is C18H28N4O2. The van der Waals surface area contributed by atoms with Gasteiger partial charge in [0.15, 0.2) is 11.2 Å². The molecule has 24 heavy (non-hydrogen) atoms. The molecular weight excluding hydrogens is 304 g/mol. The molecule has 2 heterocycles. The first-order chi connectivity index (χ1) is 11.4. The van der Waals surface area contributed by atoms with Gasteiger partial charge in [-0.3, -0.25) is 15.0 Å². The number of nitrogens with one attached hydrogen (secondary N) is 2. The summed E-state index contributed by atoms with van der Waals surface area (Å²) < 4.78 is 0. The first kappa shape index (κ1) is 17.1. The minimum atomic E-state index is -1.52. The number of rotatable bonds is 3. The third-order valence-electron chi connectivity index (χ3n) is 6.21. The molecule has 2 bridgehead atoms. The van der Waals surface area contributed by atoms with Crippen LogP contribution in [0.15, 0.2) is 12.2 Å². The van der Waals surface area contributed by atoms with E-state index in [0.29, 0.717) is 12.1 Å². The zero-order valence-corrected chi connectivity index (χ0v) is 14.5. The van der Waals surface area contributed by atoms with Gasteiger partial charge in [0.2, 0.25) is 5.91 Å².